The lowest BCUT2D eigenvalue weighted by atomic mass is 9.84. The minimum absolute atomic E-state index is 0.0746. The van der Waals surface area contributed by atoms with Crippen LogP contribution in [0.2, 0.25) is 0 Å². The molecule has 1 saturated carbocycles. The Morgan fingerprint density at radius 1 is 1.11 bits per heavy atom. The van der Waals surface area contributed by atoms with Crippen molar-refractivity contribution < 1.29 is 4.79 Å². The van der Waals surface area contributed by atoms with Gasteiger partial charge in [0.15, 0.2) is 0 Å². The van der Waals surface area contributed by atoms with Gasteiger partial charge in [0.1, 0.15) is 0 Å². The number of benzene rings is 1. The second-order valence-electron chi connectivity index (χ2n) is 4.97. The largest absolute Gasteiger partial charge is 0.349 e. The topological polar surface area (TPSA) is 29.1 Å². The Morgan fingerprint density at radius 3 is 2.21 bits per heavy atom. The van der Waals surface area contributed by atoms with E-state index in [1.165, 1.54) is 19.3 Å². The first kappa shape index (κ1) is 15.7. The average molecular weight is 261 g/mol. The lowest BCUT2D eigenvalue weighted by Crippen LogP contribution is -2.37. The summed E-state index contributed by atoms with van der Waals surface area (Å²) >= 11 is 0. The first-order valence-electron chi connectivity index (χ1n) is 7.65. The molecule has 0 heterocycles. The fourth-order valence-electron chi connectivity index (χ4n) is 2.57. The molecule has 1 N–H and O–H groups in total. The molecule has 0 radical (unpaired) electrons. The Morgan fingerprint density at radius 2 is 1.68 bits per heavy atom. The molecule has 2 heteroatoms. The van der Waals surface area contributed by atoms with Crippen LogP contribution in [0.15, 0.2) is 30.3 Å². The second-order valence-corrected chi connectivity index (χ2v) is 4.97. The number of rotatable bonds is 3. The first-order chi connectivity index (χ1) is 9.29. The first-order valence-corrected chi connectivity index (χ1v) is 7.65. The lowest BCUT2D eigenvalue weighted by molar-refractivity contribution is 0.0921. The SMILES string of the molecule is CC.CCC1CCC(NC(=O)c2ccccc2)CC1. The summed E-state index contributed by atoms with van der Waals surface area (Å²) in [6.45, 7) is 6.26. The molecule has 1 aromatic rings. The van der Waals surface area contributed by atoms with Gasteiger partial charge in [0.2, 0.25) is 0 Å². The van der Waals surface area contributed by atoms with Gasteiger partial charge in [-0.15, -0.1) is 0 Å². The summed E-state index contributed by atoms with van der Waals surface area (Å²) < 4.78 is 0. The van der Waals surface area contributed by atoms with E-state index < -0.39 is 0 Å². The van der Waals surface area contributed by atoms with E-state index in [1.807, 2.05) is 44.2 Å². The van der Waals surface area contributed by atoms with Crippen molar-refractivity contribution >= 4 is 5.91 Å². The van der Waals surface area contributed by atoms with Crippen molar-refractivity contribution in [3.8, 4) is 0 Å². The highest BCUT2D eigenvalue weighted by atomic mass is 16.1. The number of hydrogen-bond acceptors (Lipinski definition) is 1. The highest BCUT2D eigenvalue weighted by Gasteiger charge is 2.21. The summed E-state index contributed by atoms with van der Waals surface area (Å²) in [5, 5.41) is 3.14. The Balaban J connectivity index is 0.000000861. The summed E-state index contributed by atoms with van der Waals surface area (Å²) in [7, 11) is 0. The maximum absolute atomic E-state index is 12.0. The van der Waals surface area contributed by atoms with E-state index in [4.69, 9.17) is 0 Å². The maximum Gasteiger partial charge on any atom is 0.251 e. The third-order valence-electron chi connectivity index (χ3n) is 3.80. The van der Waals surface area contributed by atoms with Crippen molar-refractivity contribution in [3.63, 3.8) is 0 Å². The number of carbonyl (C=O) groups is 1. The summed E-state index contributed by atoms with van der Waals surface area (Å²) in [6.07, 6.45) is 6.07. The van der Waals surface area contributed by atoms with Crippen molar-refractivity contribution in [2.75, 3.05) is 0 Å². The Bertz CT molecular complexity index is 353. The van der Waals surface area contributed by atoms with E-state index in [2.05, 4.69) is 12.2 Å². The van der Waals surface area contributed by atoms with E-state index in [1.54, 1.807) is 0 Å². The molecule has 1 fully saturated rings. The van der Waals surface area contributed by atoms with E-state index in [0.29, 0.717) is 6.04 Å². The highest BCUT2D eigenvalue weighted by molar-refractivity contribution is 5.94. The number of nitrogens with one attached hydrogen (secondary N) is 1. The van der Waals surface area contributed by atoms with Gasteiger partial charge in [-0.3, -0.25) is 4.79 Å². The van der Waals surface area contributed by atoms with E-state index in [9.17, 15) is 4.79 Å². The molecule has 1 amide bonds. The summed E-state index contributed by atoms with van der Waals surface area (Å²) in [4.78, 5) is 12.0. The molecule has 1 aromatic carbocycles. The molecule has 0 saturated heterocycles. The third-order valence-corrected chi connectivity index (χ3v) is 3.80. The van der Waals surface area contributed by atoms with E-state index in [-0.39, 0.29) is 5.91 Å². The van der Waals surface area contributed by atoms with Gasteiger partial charge in [-0.05, 0) is 43.7 Å². The predicted octanol–water partition coefficient (Wildman–Crippen LogP) is 4.41. The average Bonchev–Trinajstić information content (AvgIpc) is 2.51. The number of amides is 1. The van der Waals surface area contributed by atoms with Crippen LogP contribution in [-0.2, 0) is 0 Å². The molecule has 0 aliphatic heterocycles. The molecule has 1 aliphatic carbocycles. The quantitative estimate of drug-likeness (QED) is 0.858. The van der Waals surface area contributed by atoms with Crippen molar-refractivity contribution in [3.05, 3.63) is 35.9 Å². The number of carbonyl (C=O) groups excluding carboxylic acids is 1. The molecule has 0 spiro atoms. The highest BCUT2D eigenvalue weighted by Crippen LogP contribution is 2.26. The van der Waals surface area contributed by atoms with Crippen LogP contribution in [0.4, 0.5) is 0 Å². The van der Waals surface area contributed by atoms with Crippen molar-refractivity contribution in [2.24, 2.45) is 5.92 Å². The predicted molar refractivity (Wildman–Crippen MR) is 81.3 cm³/mol. The van der Waals surface area contributed by atoms with Gasteiger partial charge in [-0.1, -0.05) is 45.4 Å². The molecule has 2 rings (SSSR count). The monoisotopic (exact) mass is 261 g/mol. The molecule has 106 valence electrons. The van der Waals surface area contributed by atoms with Crippen molar-refractivity contribution in [1.82, 2.24) is 5.32 Å². The van der Waals surface area contributed by atoms with Gasteiger partial charge in [-0.25, -0.2) is 0 Å². The van der Waals surface area contributed by atoms with Crippen molar-refractivity contribution in [1.29, 1.82) is 0 Å². The van der Waals surface area contributed by atoms with Crippen LogP contribution >= 0.6 is 0 Å². The summed E-state index contributed by atoms with van der Waals surface area (Å²) in [5.74, 6) is 0.949. The van der Waals surface area contributed by atoms with E-state index in [0.717, 1.165) is 24.3 Å². The van der Waals surface area contributed by atoms with Gasteiger partial charge in [0, 0.05) is 11.6 Å². The standard InChI is InChI=1S/C15H21NO.C2H6/c1-2-12-8-10-14(11-9-12)16-15(17)13-6-4-3-5-7-13;1-2/h3-7,12,14H,2,8-11H2,1H3,(H,16,17);1-2H3. The van der Waals surface area contributed by atoms with Gasteiger partial charge < -0.3 is 5.32 Å². The van der Waals surface area contributed by atoms with Crippen LogP contribution in [0.5, 0.6) is 0 Å². The summed E-state index contributed by atoms with van der Waals surface area (Å²) in [6, 6.07) is 9.86. The fraction of sp³-hybridized carbons (Fsp3) is 0.588. The minimum atomic E-state index is 0.0746. The van der Waals surface area contributed by atoms with Gasteiger partial charge in [-0.2, -0.15) is 0 Å². The van der Waals surface area contributed by atoms with Crippen LogP contribution < -0.4 is 5.32 Å². The van der Waals surface area contributed by atoms with Crippen LogP contribution in [0.1, 0.15) is 63.2 Å². The molecule has 0 bridgehead atoms. The van der Waals surface area contributed by atoms with E-state index >= 15 is 0 Å². The molecule has 1 aliphatic rings. The molecule has 0 atom stereocenters. The zero-order chi connectivity index (χ0) is 14.1. The zero-order valence-electron chi connectivity index (χ0n) is 12.5. The maximum atomic E-state index is 12.0. The second kappa shape index (κ2) is 8.73. The minimum Gasteiger partial charge on any atom is -0.349 e. The molecule has 19 heavy (non-hydrogen) atoms. The molecular weight excluding hydrogens is 234 g/mol. The Kier molecular flexibility index (Phi) is 7.24. The van der Waals surface area contributed by atoms with Gasteiger partial charge >= 0.3 is 0 Å². The van der Waals surface area contributed by atoms with Gasteiger partial charge in [0.25, 0.3) is 5.91 Å². The van der Waals surface area contributed by atoms with Crippen LogP contribution in [0.3, 0.4) is 0 Å². The fourth-order valence-corrected chi connectivity index (χ4v) is 2.57. The van der Waals surface area contributed by atoms with Crippen LogP contribution in [0, 0.1) is 5.92 Å². The number of hydrogen-bond donors (Lipinski definition) is 1. The van der Waals surface area contributed by atoms with Crippen LogP contribution in [-0.4, -0.2) is 11.9 Å². The molecule has 2 nitrogen and oxygen atoms in total. The smallest absolute Gasteiger partial charge is 0.251 e. The Hall–Kier alpha value is -1.31. The van der Waals surface area contributed by atoms with Crippen LogP contribution in [0.25, 0.3) is 0 Å². The third kappa shape index (κ3) is 5.06. The molecular formula is C17H27NO. The Labute approximate surface area is 117 Å². The normalized spacial score (nSPS) is 22.1. The lowest BCUT2D eigenvalue weighted by Gasteiger charge is -2.28. The molecule has 0 unspecified atom stereocenters. The zero-order valence-corrected chi connectivity index (χ0v) is 12.5. The molecule has 0 aromatic heterocycles. The summed E-state index contributed by atoms with van der Waals surface area (Å²) in [5.41, 5.74) is 0.769. The van der Waals surface area contributed by atoms with Gasteiger partial charge in [0.05, 0.1) is 0 Å². The van der Waals surface area contributed by atoms with Crippen molar-refractivity contribution in [2.45, 2.75) is 58.9 Å².